The van der Waals surface area contributed by atoms with Gasteiger partial charge in [-0.15, -0.1) is 0 Å². The Kier molecular flexibility index (Phi) is 6.74. The van der Waals surface area contributed by atoms with Gasteiger partial charge >= 0.3 is 0 Å². The van der Waals surface area contributed by atoms with Crippen LogP contribution in [0.15, 0.2) is 59.9 Å². The van der Waals surface area contributed by atoms with Crippen LogP contribution in [0.4, 0.5) is 10.1 Å². The monoisotopic (exact) mass is 408 g/mol. The topological polar surface area (TPSA) is 32.3 Å². The molecular weight excluding hydrogens is 386 g/mol. The lowest BCUT2D eigenvalue weighted by Crippen LogP contribution is -2.44. The summed E-state index contributed by atoms with van der Waals surface area (Å²) in [4.78, 5) is 15.1. The third-order valence-corrected chi connectivity index (χ3v) is 5.30. The van der Waals surface area contributed by atoms with Gasteiger partial charge in [-0.1, -0.05) is 41.9 Å². The Morgan fingerprint density at radius 3 is 2.81 bits per heavy atom. The van der Waals surface area contributed by atoms with Crippen LogP contribution in [0.1, 0.15) is 19.3 Å². The number of halogens is 3. The number of carbonyl (C=O) groups is 1. The maximum absolute atomic E-state index is 14.8. The Bertz CT molecular complexity index is 773. The predicted molar refractivity (Wildman–Crippen MR) is 110 cm³/mol. The molecule has 1 heterocycles. The molecule has 6 heteroatoms. The number of rotatable bonds is 7. The van der Waals surface area contributed by atoms with Crippen molar-refractivity contribution in [1.82, 2.24) is 4.90 Å². The molecule has 2 unspecified atom stereocenters. The highest BCUT2D eigenvalue weighted by Gasteiger charge is 2.43. The van der Waals surface area contributed by atoms with E-state index < -0.39 is 12.0 Å². The molecular formula is C21H23Cl2FN2O. The first-order valence-electron chi connectivity index (χ1n) is 9.12. The average Bonchev–Trinajstić information content (AvgIpc) is 3.31. The molecule has 2 aliphatic rings. The molecule has 1 aliphatic carbocycles. The zero-order chi connectivity index (χ0) is 19.4. The van der Waals surface area contributed by atoms with Crippen molar-refractivity contribution in [1.29, 1.82) is 0 Å². The second-order valence-electron chi connectivity index (χ2n) is 7.14. The minimum absolute atomic E-state index is 0.199. The number of hydrogen-bond donors (Lipinski definition) is 1. The molecule has 1 N–H and O–H groups in total. The van der Waals surface area contributed by atoms with E-state index in [2.05, 4.69) is 16.8 Å². The summed E-state index contributed by atoms with van der Waals surface area (Å²) in [6.07, 6.45) is 7.40. The van der Waals surface area contributed by atoms with Gasteiger partial charge < -0.3 is 5.32 Å². The number of nitrogens with zero attached hydrogens (tertiary/aromatic N) is 1. The Morgan fingerprint density at radius 1 is 1.37 bits per heavy atom. The van der Waals surface area contributed by atoms with E-state index >= 15 is 0 Å². The molecule has 0 bridgehead atoms. The third kappa shape index (κ3) is 5.68. The van der Waals surface area contributed by atoms with Gasteiger partial charge in [-0.3, -0.25) is 9.69 Å². The van der Waals surface area contributed by atoms with Crippen molar-refractivity contribution in [2.45, 2.75) is 25.3 Å². The number of benzene rings is 1. The first kappa shape index (κ1) is 20.1. The number of amides is 1. The minimum Gasteiger partial charge on any atom is -0.325 e. The number of nitrogens with one attached hydrogen (secondary N) is 1. The van der Waals surface area contributed by atoms with Crippen molar-refractivity contribution in [3.8, 4) is 0 Å². The van der Waals surface area contributed by atoms with Crippen LogP contribution in [0.25, 0.3) is 0 Å². The van der Waals surface area contributed by atoms with E-state index in [1.807, 2.05) is 0 Å². The van der Waals surface area contributed by atoms with Crippen molar-refractivity contribution in [3.63, 3.8) is 0 Å². The zero-order valence-electron chi connectivity index (χ0n) is 15.0. The molecule has 1 saturated carbocycles. The lowest BCUT2D eigenvalue weighted by molar-refractivity contribution is -0.121. The Labute approximate surface area is 169 Å². The fourth-order valence-electron chi connectivity index (χ4n) is 3.48. The molecule has 1 aromatic carbocycles. The Morgan fingerprint density at radius 2 is 2.15 bits per heavy atom. The summed E-state index contributed by atoms with van der Waals surface area (Å²) in [5, 5.41) is 3.77. The van der Waals surface area contributed by atoms with Crippen LogP contribution < -0.4 is 5.32 Å². The molecule has 0 aromatic heterocycles. The van der Waals surface area contributed by atoms with Crippen molar-refractivity contribution in [2.24, 2.45) is 11.8 Å². The van der Waals surface area contributed by atoms with Gasteiger partial charge in [-0.2, -0.15) is 0 Å². The molecule has 3 rings (SSSR count). The van der Waals surface area contributed by atoms with Crippen LogP contribution in [-0.2, 0) is 4.79 Å². The van der Waals surface area contributed by atoms with Crippen LogP contribution in [0.3, 0.4) is 0 Å². The van der Waals surface area contributed by atoms with E-state index in [4.69, 9.17) is 23.2 Å². The van der Waals surface area contributed by atoms with E-state index in [-0.39, 0.29) is 11.7 Å². The van der Waals surface area contributed by atoms with E-state index in [1.165, 1.54) is 31.1 Å². The summed E-state index contributed by atoms with van der Waals surface area (Å²) in [6, 6.07) is 6.45. The molecule has 2 atom stereocenters. The highest BCUT2D eigenvalue weighted by atomic mass is 35.5. The molecule has 1 saturated heterocycles. The number of anilines is 1. The van der Waals surface area contributed by atoms with Crippen LogP contribution in [0.5, 0.6) is 0 Å². The van der Waals surface area contributed by atoms with Gasteiger partial charge in [0.05, 0.1) is 6.04 Å². The molecule has 2 fully saturated rings. The van der Waals surface area contributed by atoms with Crippen LogP contribution in [0.2, 0.25) is 5.02 Å². The lowest BCUT2D eigenvalue weighted by atomic mass is 9.97. The van der Waals surface area contributed by atoms with Gasteiger partial charge in [0.1, 0.15) is 5.83 Å². The molecule has 3 nitrogen and oxygen atoms in total. The van der Waals surface area contributed by atoms with E-state index in [1.54, 1.807) is 24.3 Å². The first-order valence-corrected chi connectivity index (χ1v) is 9.88. The quantitative estimate of drug-likeness (QED) is 0.600. The number of likely N-dealkylation sites (tertiary alicyclic amines) is 1. The van der Waals surface area contributed by atoms with Crippen molar-refractivity contribution >= 4 is 34.8 Å². The second kappa shape index (κ2) is 9.05. The van der Waals surface area contributed by atoms with Crippen molar-refractivity contribution < 1.29 is 9.18 Å². The molecule has 0 radical (unpaired) electrons. The maximum Gasteiger partial charge on any atom is 0.242 e. The van der Waals surface area contributed by atoms with Gasteiger partial charge in [-0.25, -0.2) is 4.39 Å². The molecule has 1 aliphatic heterocycles. The summed E-state index contributed by atoms with van der Waals surface area (Å²) >= 11 is 11.7. The van der Waals surface area contributed by atoms with E-state index in [0.717, 1.165) is 6.54 Å². The average molecular weight is 409 g/mol. The van der Waals surface area contributed by atoms with Crippen molar-refractivity contribution in [3.05, 3.63) is 65.0 Å². The Balaban J connectivity index is 1.77. The number of allylic oxidation sites excluding steroid dienone is 4. The molecule has 1 amide bonds. The highest BCUT2D eigenvalue weighted by Crippen LogP contribution is 2.37. The summed E-state index contributed by atoms with van der Waals surface area (Å²) in [7, 11) is 0. The van der Waals surface area contributed by atoms with Gasteiger partial charge in [-0.05, 0) is 62.1 Å². The summed E-state index contributed by atoms with van der Waals surface area (Å²) in [6.45, 7) is 5.09. The van der Waals surface area contributed by atoms with E-state index in [0.29, 0.717) is 34.6 Å². The smallest absolute Gasteiger partial charge is 0.242 e. The second-order valence-corrected chi connectivity index (χ2v) is 8.06. The third-order valence-electron chi connectivity index (χ3n) is 4.94. The zero-order valence-corrected chi connectivity index (χ0v) is 16.5. The van der Waals surface area contributed by atoms with Crippen LogP contribution >= 0.6 is 23.2 Å². The summed E-state index contributed by atoms with van der Waals surface area (Å²) in [5.41, 5.74) is 0.618. The highest BCUT2D eigenvalue weighted by molar-refractivity contribution is 6.31. The van der Waals surface area contributed by atoms with Gasteiger partial charge in [0, 0.05) is 28.2 Å². The van der Waals surface area contributed by atoms with Crippen LogP contribution in [-0.4, -0.2) is 29.9 Å². The van der Waals surface area contributed by atoms with Crippen molar-refractivity contribution in [2.75, 3.05) is 18.4 Å². The summed E-state index contributed by atoms with van der Waals surface area (Å²) in [5.74, 6) is -0.365. The van der Waals surface area contributed by atoms with Gasteiger partial charge in [0.2, 0.25) is 5.91 Å². The lowest BCUT2D eigenvalue weighted by Gasteiger charge is -2.26. The molecule has 144 valence electrons. The SMILES string of the molecule is C=C(Cl)/C=C\C=C(/F)C1CCN(CC2CC2)C1C(=O)Nc1cccc(Cl)c1. The normalized spacial score (nSPS) is 23.7. The molecule has 1 aromatic rings. The number of carbonyl (C=O) groups excluding carboxylic acids is 1. The standard InChI is InChI=1S/C21H23Cl2FN2O/c1-14(22)4-2-7-19(24)18-10-11-26(13-15-8-9-15)20(18)21(27)25-17-6-3-5-16(23)12-17/h2-7,12,15,18,20H,1,8-11,13H2,(H,25,27)/b4-2-,19-7-. The largest absolute Gasteiger partial charge is 0.325 e. The Hall–Kier alpha value is -1.62. The summed E-state index contributed by atoms with van der Waals surface area (Å²) < 4.78 is 14.8. The van der Waals surface area contributed by atoms with Gasteiger partial charge in [0.15, 0.2) is 0 Å². The molecule has 27 heavy (non-hydrogen) atoms. The predicted octanol–water partition coefficient (Wildman–Crippen LogP) is 5.54. The first-order chi connectivity index (χ1) is 12.9. The van der Waals surface area contributed by atoms with E-state index in [9.17, 15) is 9.18 Å². The molecule has 0 spiro atoms. The fourth-order valence-corrected chi connectivity index (χ4v) is 3.74. The minimum atomic E-state index is -0.534. The number of hydrogen-bond acceptors (Lipinski definition) is 2. The van der Waals surface area contributed by atoms with Crippen LogP contribution in [0, 0.1) is 11.8 Å². The fraction of sp³-hybridized carbons (Fsp3) is 0.381. The maximum atomic E-state index is 14.8. The van der Waals surface area contributed by atoms with Gasteiger partial charge in [0.25, 0.3) is 0 Å².